The molecule has 0 saturated heterocycles. The number of nitrogens with one attached hydrogen (secondary N) is 1. The average molecular weight is 508 g/mol. The number of halogens is 1. The summed E-state index contributed by atoms with van der Waals surface area (Å²) in [7, 11) is 0. The number of amides is 2. The first-order valence-corrected chi connectivity index (χ1v) is 12.7. The van der Waals surface area contributed by atoms with Gasteiger partial charge < -0.3 is 14.8 Å². The largest absolute Gasteiger partial charge is 0.323 e. The van der Waals surface area contributed by atoms with E-state index in [-0.39, 0.29) is 12.1 Å². The van der Waals surface area contributed by atoms with Crippen molar-refractivity contribution in [1.82, 2.24) is 19.2 Å². The standard InChI is InChI=1S/C30H26ClN5O/c1-2-25-23-20-35(30(37)32-26-17-10-9-16-24(26)31)28(21-12-5-3-6-13-21)27-18-11-19-34(27)29(23)36(33-25)22-14-7-4-8-15-22/h3-19,28H,2,20H2,1H3,(H,32,37)/t28-/m1/s1. The number of fused-ring (bicyclic) bond motifs is 3. The van der Waals surface area contributed by atoms with Crippen LogP contribution in [0.15, 0.2) is 103 Å². The fraction of sp³-hybridized carbons (Fsp3) is 0.133. The molecule has 1 N–H and O–H groups in total. The fourth-order valence-electron chi connectivity index (χ4n) is 5.08. The van der Waals surface area contributed by atoms with Crippen LogP contribution in [0.3, 0.4) is 0 Å². The lowest BCUT2D eigenvalue weighted by Gasteiger charge is -2.31. The van der Waals surface area contributed by atoms with Crippen molar-refractivity contribution in [2.75, 3.05) is 5.32 Å². The van der Waals surface area contributed by atoms with Gasteiger partial charge in [0.2, 0.25) is 0 Å². The molecule has 0 unspecified atom stereocenters. The SMILES string of the molecule is CCc1nn(-c2ccccc2)c2c1CN(C(=O)Nc1ccccc1Cl)[C@H](c1ccccc1)c1cccn1-2. The van der Waals surface area contributed by atoms with Crippen molar-refractivity contribution in [2.45, 2.75) is 25.9 Å². The number of benzene rings is 3. The summed E-state index contributed by atoms with van der Waals surface area (Å²) in [5.74, 6) is 0.956. The van der Waals surface area contributed by atoms with E-state index in [0.717, 1.165) is 40.4 Å². The summed E-state index contributed by atoms with van der Waals surface area (Å²) < 4.78 is 4.17. The van der Waals surface area contributed by atoms with E-state index in [4.69, 9.17) is 16.7 Å². The molecule has 7 heteroatoms. The quantitative estimate of drug-likeness (QED) is 0.284. The maximum atomic E-state index is 14.0. The Balaban J connectivity index is 1.56. The summed E-state index contributed by atoms with van der Waals surface area (Å²) in [5, 5.41) is 8.56. The highest BCUT2D eigenvalue weighted by Crippen LogP contribution is 2.39. The maximum Gasteiger partial charge on any atom is 0.323 e. The van der Waals surface area contributed by atoms with Gasteiger partial charge in [0.1, 0.15) is 5.82 Å². The minimum Gasteiger partial charge on any atom is -0.307 e. The minimum absolute atomic E-state index is 0.225. The zero-order valence-electron chi connectivity index (χ0n) is 20.4. The van der Waals surface area contributed by atoms with Crippen LogP contribution in [0, 0.1) is 0 Å². The molecule has 5 aromatic rings. The Hall–Kier alpha value is -4.29. The van der Waals surface area contributed by atoms with Crippen LogP contribution in [-0.2, 0) is 13.0 Å². The highest BCUT2D eigenvalue weighted by Gasteiger charge is 2.36. The summed E-state index contributed by atoms with van der Waals surface area (Å²) in [6, 6.07) is 31.1. The number of hydrogen-bond donors (Lipinski definition) is 1. The third kappa shape index (κ3) is 4.09. The van der Waals surface area contributed by atoms with Crippen LogP contribution in [0.5, 0.6) is 0 Å². The maximum absolute atomic E-state index is 14.0. The Morgan fingerprint density at radius 2 is 1.65 bits per heavy atom. The van der Waals surface area contributed by atoms with E-state index in [2.05, 4.69) is 53.3 Å². The monoisotopic (exact) mass is 507 g/mol. The first kappa shape index (κ1) is 23.1. The second-order valence-corrected chi connectivity index (χ2v) is 9.41. The van der Waals surface area contributed by atoms with E-state index in [0.29, 0.717) is 17.3 Å². The third-order valence-corrected chi connectivity index (χ3v) is 7.13. The van der Waals surface area contributed by atoms with Crippen molar-refractivity contribution in [3.63, 3.8) is 0 Å². The van der Waals surface area contributed by atoms with Crippen LogP contribution in [0.1, 0.15) is 35.5 Å². The molecular weight excluding hydrogens is 482 g/mol. The zero-order valence-corrected chi connectivity index (χ0v) is 21.1. The Morgan fingerprint density at radius 3 is 2.38 bits per heavy atom. The molecule has 0 radical (unpaired) electrons. The molecule has 6 nitrogen and oxygen atoms in total. The van der Waals surface area contributed by atoms with Crippen molar-refractivity contribution in [2.24, 2.45) is 0 Å². The molecule has 2 aromatic heterocycles. The predicted molar refractivity (Wildman–Crippen MR) is 147 cm³/mol. The summed E-state index contributed by atoms with van der Waals surface area (Å²) in [4.78, 5) is 15.9. The van der Waals surface area contributed by atoms with Crippen molar-refractivity contribution in [3.05, 3.63) is 131 Å². The van der Waals surface area contributed by atoms with E-state index in [1.165, 1.54) is 0 Å². The van der Waals surface area contributed by atoms with Gasteiger partial charge in [-0.1, -0.05) is 79.2 Å². The number of rotatable bonds is 4. The molecule has 0 fully saturated rings. The lowest BCUT2D eigenvalue weighted by molar-refractivity contribution is 0.194. The number of aryl methyl sites for hydroxylation is 1. The second-order valence-electron chi connectivity index (χ2n) is 9.00. The molecule has 2 amide bonds. The van der Waals surface area contributed by atoms with Gasteiger partial charge in [-0.2, -0.15) is 5.10 Å². The predicted octanol–water partition coefficient (Wildman–Crippen LogP) is 7.02. The van der Waals surface area contributed by atoms with Crippen LogP contribution in [0.25, 0.3) is 11.5 Å². The summed E-state index contributed by atoms with van der Waals surface area (Å²) in [6.07, 6.45) is 2.80. The van der Waals surface area contributed by atoms with Gasteiger partial charge in [0.25, 0.3) is 0 Å². The van der Waals surface area contributed by atoms with Gasteiger partial charge in [-0.15, -0.1) is 0 Å². The van der Waals surface area contributed by atoms with Crippen molar-refractivity contribution >= 4 is 23.3 Å². The number of aromatic nitrogens is 3. The van der Waals surface area contributed by atoms with E-state index >= 15 is 0 Å². The van der Waals surface area contributed by atoms with Crippen LogP contribution >= 0.6 is 11.6 Å². The van der Waals surface area contributed by atoms with Gasteiger partial charge in [-0.05, 0) is 48.4 Å². The first-order chi connectivity index (χ1) is 18.2. The van der Waals surface area contributed by atoms with Crippen LogP contribution in [0.2, 0.25) is 5.02 Å². The van der Waals surface area contributed by atoms with Gasteiger partial charge >= 0.3 is 6.03 Å². The number of urea groups is 1. The van der Waals surface area contributed by atoms with E-state index < -0.39 is 0 Å². The summed E-state index contributed by atoms with van der Waals surface area (Å²) >= 11 is 6.41. The topological polar surface area (TPSA) is 55.1 Å². The third-order valence-electron chi connectivity index (χ3n) is 6.80. The molecule has 1 aliphatic rings. The molecule has 0 aliphatic carbocycles. The molecule has 0 spiro atoms. The molecule has 0 saturated carbocycles. The lowest BCUT2D eigenvalue weighted by Crippen LogP contribution is -2.38. The van der Waals surface area contributed by atoms with E-state index in [9.17, 15) is 4.79 Å². The van der Waals surface area contributed by atoms with E-state index in [1.54, 1.807) is 6.07 Å². The minimum atomic E-state index is -0.319. The van der Waals surface area contributed by atoms with E-state index in [1.807, 2.05) is 70.2 Å². The van der Waals surface area contributed by atoms with Crippen molar-refractivity contribution < 1.29 is 4.79 Å². The van der Waals surface area contributed by atoms with Gasteiger partial charge in [-0.3, -0.25) is 0 Å². The highest BCUT2D eigenvalue weighted by molar-refractivity contribution is 6.33. The Morgan fingerprint density at radius 1 is 0.946 bits per heavy atom. The number of carbonyl (C=O) groups excluding carboxylic acids is 1. The molecule has 184 valence electrons. The number of hydrogen-bond acceptors (Lipinski definition) is 2. The van der Waals surface area contributed by atoms with Crippen LogP contribution in [0.4, 0.5) is 10.5 Å². The number of anilines is 1. The van der Waals surface area contributed by atoms with Crippen LogP contribution < -0.4 is 5.32 Å². The molecule has 3 heterocycles. The fourth-order valence-corrected chi connectivity index (χ4v) is 5.27. The van der Waals surface area contributed by atoms with Crippen LogP contribution in [-0.4, -0.2) is 25.3 Å². The lowest BCUT2D eigenvalue weighted by atomic mass is 10.0. The molecule has 37 heavy (non-hydrogen) atoms. The smallest absolute Gasteiger partial charge is 0.307 e. The number of carbonyl (C=O) groups is 1. The summed E-state index contributed by atoms with van der Waals surface area (Å²) in [5.41, 5.74) is 5.55. The highest BCUT2D eigenvalue weighted by atomic mass is 35.5. The normalized spacial score (nSPS) is 14.5. The zero-order chi connectivity index (χ0) is 25.4. The molecular formula is C30H26ClN5O. The van der Waals surface area contributed by atoms with Crippen molar-refractivity contribution in [1.29, 1.82) is 0 Å². The van der Waals surface area contributed by atoms with Crippen molar-refractivity contribution in [3.8, 4) is 11.5 Å². The van der Waals surface area contributed by atoms with Gasteiger partial charge in [-0.25, -0.2) is 9.48 Å². The number of nitrogens with zero attached hydrogens (tertiary/aromatic N) is 4. The molecule has 3 aromatic carbocycles. The molecule has 0 bridgehead atoms. The molecule has 6 rings (SSSR count). The Kier molecular flexibility index (Phi) is 6.02. The van der Waals surface area contributed by atoms with Gasteiger partial charge in [0.15, 0.2) is 0 Å². The average Bonchev–Trinajstić information content (AvgIpc) is 3.52. The molecule has 1 aliphatic heterocycles. The summed E-state index contributed by atoms with van der Waals surface area (Å²) in [6.45, 7) is 2.49. The second kappa shape index (κ2) is 9.64. The van der Waals surface area contributed by atoms with Gasteiger partial charge in [0, 0.05) is 11.8 Å². The molecule has 1 atom stereocenters. The number of para-hydroxylation sites is 2. The Bertz CT molecular complexity index is 1560. The Labute approximate surface area is 220 Å². The van der Waals surface area contributed by atoms with Gasteiger partial charge in [0.05, 0.1) is 40.4 Å². The first-order valence-electron chi connectivity index (χ1n) is 12.4.